The van der Waals surface area contributed by atoms with Gasteiger partial charge in [0, 0.05) is 19.1 Å². The lowest BCUT2D eigenvalue weighted by Gasteiger charge is -2.41. The van der Waals surface area contributed by atoms with Crippen molar-refractivity contribution in [2.45, 2.75) is 52.5 Å². The minimum atomic E-state index is -0.180. The number of piperidine rings is 1. The number of hydrogen-bond acceptors (Lipinski definition) is 2. The van der Waals surface area contributed by atoms with E-state index in [1.807, 2.05) is 11.0 Å². The Morgan fingerprint density at radius 3 is 2.72 bits per heavy atom. The van der Waals surface area contributed by atoms with Crippen LogP contribution in [0.1, 0.15) is 46.5 Å². The van der Waals surface area contributed by atoms with Crippen LogP contribution in [0.15, 0.2) is 12.7 Å². The first-order valence-electron chi connectivity index (χ1n) is 7.20. The van der Waals surface area contributed by atoms with Crippen LogP contribution < -0.4 is 5.32 Å². The molecule has 1 heterocycles. The summed E-state index contributed by atoms with van der Waals surface area (Å²) in [5, 5.41) is 3.40. The van der Waals surface area contributed by atoms with Gasteiger partial charge in [0.25, 0.3) is 0 Å². The Hall–Kier alpha value is -0.830. The highest BCUT2D eigenvalue weighted by atomic mass is 16.2. The molecular formula is C15H28N2O. The maximum atomic E-state index is 12.9. The van der Waals surface area contributed by atoms with Gasteiger partial charge in [-0.1, -0.05) is 19.4 Å². The molecule has 1 atom stereocenters. The third-order valence-electron chi connectivity index (χ3n) is 3.86. The number of nitrogens with zero attached hydrogens (tertiary/aromatic N) is 1. The molecule has 0 radical (unpaired) electrons. The van der Waals surface area contributed by atoms with Crippen molar-refractivity contribution in [1.82, 2.24) is 10.2 Å². The fraction of sp³-hybridized carbons (Fsp3) is 0.800. The van der Waals surface area contributed by atoms with Crippen LogP contribution in [0, 0.1) is 5.41 Å². The summed E-state index contributed by atoms with van der Waals surface area (Å²) < 4.78 is 0. The highest BCUT2D eigenvalue weighted by molar-refractivity contribution is 5.83. The first-order chi connectivity index (χ1) is 8.57. The van der Waals surface area contributed by atoms with E-state index in [9.17, 15) is 4.79 Å². The number of carbonyl (C=O) groups excluding carboxylic acids is 1. The van der Waals surface area contributed by atoms with E-state index in [1.54, 1.807) is 0 Å². The Bertz CT molecular complexity index is 275. The molecule has 0 aromatic carbocycles. The van der Waals surface area contributed by atoms with E-state index in [2.05, 4.69) is 32.7 Å². The number of amides is 1. The lowest BCUT2D eigenvalue weighted by Crippen LogP contribution is -2.53. The molecule has 1 unspecified atom stereocenters. The van der Waals surface area contributed by atoms with Gasteiger partial charge >= 0.3 is 0 Å². The van der Waals surface area contributed by atoms with Crippen molar-refractivity contribution in [2.24, 2.45) is 5.41 Å². The Morgan fingerprint density at radius 1 is 1.56 bits per heavy atom. The van der Waals surface area contributed by atoms with Gasteiger partial charge in [-0.05, 0) is 39.7 Å². The van der Waals surface area contributed by atoms with E-state index in [0.717, 1.165) is 38.8 Å². The van der Waals surface area contributed by atoms with Crippen molar-refractivity contribution in [1.29, 1.82) is 0 Å². The van der Waals surface area contributed by atoms with Gasteiger partial charge in [0.1, 0.15) is 0 Å². The van der Waals surface area contributed by atoms with Gasteiger partial charge in [0.15, 0.2) is 0 Å². The molecule has 0 aliphatic carbocycles. The molecule has 0 saturated carbocycles. The molecule has 1 saturated heterocycles. The maximum absolute atomic E-state index is 12.9. The molecular weight excluding hydrogens is 224 g/mol. The van der Waals surface area contributed by atoms with Crippen molar-refractivity contribution in [3.8, 4) is 0 Å². The van der Waals surface area contributed by atoms with Crippen molar-refractivity contribution >= 4 is 5.91 Å². The van der Waals surface area contributed by atoms with Gasteiger partial charge in [-0.2, -0.15) is 0 Å². The standard InChI is InChI=1S/C15H28N2O/c1-5-8-15(9-7-10-16-12-15)14(18)17(11-6-2)13(3)4/h6,13,16H,2,5,7-12H2,1,3-4H3. The van der Waals surface area contributed by atoms with Crippen LogP contribution >= 0.6 is 0 Å². The molecule has 1 aliphatic heterocycles. The van der Waals surface area contributed by atoms with Gasteiger partial charge in [-0.15, -0.1) is 6.58 Å². The number of hydrogen-bond donors (Lipinski definition) is 1. The molecule has 0 aromatic heterocycles. The normalized spacial score (nSPS) is 24.0. The molecule has 1 amide bonds. The van der Waals surface area contributed by atoms with Crippen LogP contribution in [0.2, 0.25) is 0 Å². The Kier molecular flexibility index (Phi) is 5.86. The summed E-state index contributed by atoms with van der Waals surface area (Å²) in [7, 11) is 0. The summed E-state index contributed by atoms with van der Waals surface area (Å²) >= 11 is 0. The number of rotatable bonds is 6. The second-order valence-electron chi connectivity index (χ2n) is 5.65. The van der Waals surface area contributed by atoms with E-state index in [0.29, 0.717) is 12.5 Å². The van der Waals surface area contributed by atoms with Crippen molar-refractivity contribution in [3.05, 3.63) is 12.7 Å². The Morgan fingerprint density at radius 2 is 2.28 bits per heavy atom. The zero-order valence-corrected chi connectivity index (χ0v) is 12.2. The van der Waals surface area contributed by atoms with Crippen LogP contribution in [-0.2, 0) is 4.79 Å². The molecule has 0 spiro atoms. The highest BCUT2D eigenvalue weighted by Gasteiger charge is 2.41. The van der Waals surface area contributed by atoms with Gasteiger partial charge < -0.3 is 10.2 Å². The zero-order valence-electron chi connectivity index (χ0n) is 12.2. The predicted molar refractivity (Wildman–Crippen MR) is 76.5 cm³/mol. The zero-order chi connectivity index (χ0) is 13.6. The third kappa shape index (κ3) is 3.35. The molecule has 3 nitrogen and oxygen atoms in total. The second-order valence-corrected chi connectivity index (χ2v) is 5.65. The minimum Gasteiger partial charge on any atom is -0.336 e. The molecule has 3 heteroatoms. The van der Waals surface area contributed by atoms with Crippen LogP contribution in [0.3, 0.4) is 0 Å². The van der Waals surface area contributed by atoms with Crippen LogP contribution in [-0.4, -0.2) is 36.5 Å². The summed E-state index contributed by atoms with van der Waals surface area (Å²) in [6, 6.07) is 0.242. The average Bonchev–Trinajstić information content (AvgIpc) is 2.36. The van der Waals surface area contributed by atoms with E-state index < -0.39 is 0 Å². The summed E-state index contributed by atoms with van der Waals surface area (Å²) in [5.41, 5.74) is -0.180. The summed E-state index contributed by atoms with van der Waals surface area (Å²) in [6.45, 7) is 12.6. The van der Waals surface area contributed by atoms with Gasteiger partial charge in [-0.25, -0.2) is 0 Å². The fourth-order valence-electron chi connectivity index (χ4n) is 2.92. The summed E-state index contributed by atoms with van der Waals surface area (Å²) in [6.07, 6.45) is 6.00. The van der Waals surface area contributed by atoms with E-state index >= 15 is 0 Å². The maximum Gasteiger partial charge on any atom is 0.230 e. The fourth-order valence-corrected chi connectivity index (χ4v) is 2.92. The number of nitrogens with one attached hydrogen (secondary N) is 1. The monoisotopic (exact) mass is 252 g/mol. The third-order valence-corrected chi connectivity index (χ3v) is 3.86. The Balaban J connectivity index is 2.88. The van der Waals surface area contributed by atoms with E-state index in [-0.39, 0.29) is 11.5 Å². The smallest absolute Gasteiger partial charge is 0.230 e. The highest BCUT2D eigenvalue weighted by Crippen LogP contribution is 2.34. The molecule has 1 fully saturated rings. The molecule has 1 rings (SSSR count). The summed E-state index contributed by atoms with van der Waals surface area (Å²) in [4.78, 5) is 14.8. The van der Waals surface area contributed by atoms with Gasteiger partial charge in [-0.3, -0.25) is 4.79 Å². The van der Waals surface area contributed by atoms with Crippen LogP contribution in [0.25, 0.3) is 0 Å². The van der Waals surface area contributed by atoms with E-state index in [1.165, 1.54) is 0 Å². The molecule has 0 aromatic rings. The van der Waals surface area contributed by atoms with Crippen molar-refractivity contribution in [3.63, 3.8) is 0 Å². The quantitative estimate of drug-likeness (QED) is 0.737. The summed E-state index contributed by atoms with van der Waals surface area (Å²) in [5.74, 6) is 0.312. The van der Waals surface area contributed by atoms with Crippen molar-refractivity contribution < 1.29 is 4.79 Å². The first-order valence-corrected chi connectivity index (χ1v) is 7.20. The van der Waals surface area contributed by atoms with Gasteiger partial charge in [0.2, 0.25) is 5.91 Å². The first kappa shape index (κ1) is 15.2. The molecule has 18 heavy (non-hydrogen) atoms. The molecule has 1 N–H and O–H groups in total. The lowest BCUT2D eigenvalue weighted by atomic mass is 9.75. The minimum absolute atomic E-state index is 0.180. The number of carbonyl (C=O) groups is 1. The molecule has 0 bridgehead atoms. The largest absolute Gasteiger partial charge is 0.336 e. The van der Waals surface area contributed by atoms with Crippen molar-refractivity contribution in [2.75, 3.05) is 19.6 Å². The Labute approximate surface area is 112 Å². The van der Waals surface area contributed by atoms with E-state index in [4.69, 9.17) is 0 Å². The topological polar surface area (TPSA) is 32.3 Å². The van der Waals surface area contributed by atoms with Gasteiger partial charge in [0.05, 0.1) is 5.41 Å². The van der Waals surface area contributed by atoms with Crippen LogP contribution in [0.4, 0.5) is 0 Å². The lowest BCUT2D eigenvalue weighted by molar-refractivity contribution is -0.145. The SMILES string of the molecule is C=CCN(C(=O)C1(CCC)CCCNC1)C(C)C. The predicted octanol–water partition coefficient (Wildman–Crippen LogP) is 2.58. The van der Waals surface area contributed by atoms with Crippen LogP contribution in [0.5, 0.6) is 0 Å². The average molecular weight is 252 g/mol. The molecule has 104 valence electrons. The molecule has 1 aliphatic rings. The second kappa shape index (κ2) is 6.93.